The van der Waals surface area contributed by atoms with Gasteiger partial charge in [0.25, 0.3) is 0 Å². The molecule has 0 unspecified atom stereocenters. The van der Waals surface area contributed by atoms with Gasteiger partial charge < -0.3 is 11.1 Å². The van der Waals surface area contributed by atoms with E-state index in [1.807, 2.05) is 0 Å². The van der Waals surface area contributed by atoms with Crippen LogP contribution in [0.4, 0.5) is 5.69 Å². The highest BCUT2D eigenvalue weighted by molar-refractivity contribution is 14.0. The number of hydrogen-bond acceptors (Lipinski definition) is 2. The summed E-state index contributed by atoms with van der Waals surface area (Å²) in [7, 11) is 0. The summed E-state index contributed by atoms with van der Waals surface area (Å²) in [6, 6.07) is 8.85. The molecule has 2 aliphatic rings. The molecule has 0 spiro atoms. The summed E-state index contributed by atoms with van der Waals surface area (Å²) in [6.45, 7) is 0.766. The van der Waals surface area contributed by atoms with E-state index in [1.165, 1.54) is 30.4 Å². The van der Waals surface area contributed by atoms with Gasteiger partial charge in [-0.05, 0) is 74.1 Å². The molecule has 2 aliphatic carbocycles. The highest BCUT2D eigenvalue weighted by Gasteiger charge is 2.20. The third-order valence-corrected chi connectivity index (χ3v) is 4.92. The lowest BCUT2D eigenvalue weighted by atomic mass is 9.83. The molecule has 0 atom stereocenters. The molecule has 124 valence electrons. The van der Waals surface area contributed by atoms with E-state index < -0.39 is 0 Å². The Morgan fingerprint density at radius 3 is 2.70 bits per heavy atom. The number of halogens is 1. The van der Waals surface area contributed by atoms with Crippen molar-refractivity contribution in [2.75, 3.05) is 11.9 Å². The van der Waals surface area contributed by atoms with Crippen LogP contribution < -0.4 is 11.1 Å². The summed E-state index contributed by atoms with van der Waals surface area (Å²) >= 11 is 0. The average Bonchev–Trinajstić information content (AvgIpc) is 3.01. The van der Waals surface area contributed by atoms with Gasteiger partial charge in [0.2, 0.25) is 0 Å². The molecular weight excluding hydrogens is 399 g/mol. The van der Waals surface area contributed by atoms with E-state index in [0.29, 0.717) is 11.9 Å². The number of rotatable bonds is 3. The number of benzene rings is 1. The Balaban J connectivity index is 0.00000192. The second kappa shape index (κ2) is 8.53. The third kappa shape index (κ3) is 4.84. The van der Waals surface area contributed by atoms with Crippen LogP contribution in [0.5, 0.6) is 0 Å². The van der Waals surface area contributed by atoms with Crippen LogP contribution >= 0.6 is 24.0 Å². The van der Waals surface area contributed by atoms with Crippen molar-refractivity contribution in [3.05, 3.63) is 29.3 Å². The smallest absolute Gasteiger partial charge is 0.193 e. The minimum atomic E-state index is 0. The van der Waals surface area contributed by atoms with Gasteiger partial charge in [-0.25, -0.2) is 0 Å². The number of guanidine groups is 1. The number of aliphatic imine (C=N–C) groups is 1. The number of nitrogens with zero attached hydrogens (tertiary/aromatic N) is 2. The van der Waals surface area contributed by atoms with Crippen molar-refractivity contribution < 1.29 is 0 Å². The first-order valence-corrected chi connectivity index (χ1v) is 8.33. The van der Waals surface area contributed by atoms with Crippen LogP contribution in [0.2, 0.25) is 0 Å². The van der Waals surface area contributed by atoms with E-state index in [9.17, 15) is 0 Å². The minimum absolute atomic E-state index is 0. The average molecular weight is 424 g/mol. The second-order valence-electron chi connectivity index (χ2n) is 6.53. The molecule has 1 saturated carbocycles. The van der Waals surface area contributed by atoms with Gasteiger partial charge >= 0.3 is 0 Å². The molecule has 23 heavy (non-hydrogen) atoms. The van der Waals surface area contributed by atoms with Crippen LogP contribution in [0.25, 0.3) is 0 Å². The molecule has 5 heteroatoms. The van der Waals surface area contributed by atoms with Crippen LogP contribution in [0.15, 0.2) is 23.2 Å². The fourth-order valence-corrected chi connectivity index (χ4v) is 3.54. The lowest BCUT2D eigenvalue weighted by molar-refractivity contribution is 0.322. The normalized spacial score (nSPS) is 23.5. The molecule has 3 rings (SSSR count). The number of fused-ring (bicyclic) bond motifs is 1. The van der Waals surface area contributed by atoms with Crippen LogP contribution in [-0.2, 0) is 12.8 Å². The molecule has 0 radical (unpaired) electrons. The lowest BCUT2D eigenvalue weighted by Gasteiger charge is -2.23. The zero-order valence-corrected chi connectivity index (χ0v) is 15.8. The van der Waals surface area contributed by atoms with E-state index in [4.69, 9.17) is 11.0 Å². The van der Waals surface area contributed by atoms with Gasteiger partial charge in [0.15, 0.2) is 5.96 Å². The Morgan fingerprint density at radius 1 is 1.22 bits per heavy atom. The SMILES string of the molecule is I.N#CC1CCC(CN=C(N)Nc2ccc3c(c2)CCC3)CC1. The first-order valence-electron chi connectivity index (χ1n) is 8.33. The quantitative estimate of drug-likeness (QED) is 0.440. The highest BCUT2D eigenvalue weighted by Crippen LogP contribution is 2.28. The maximum atomic E-state index is 8.92. The number of aryl methyl sites for hydroxylation is 2. The van der Waals surface area contributed by atoms with Gasteiger partial charge in [0, 0.05) is 18.2 Å². The van der Waals surface area contributed by atoms with Crippen molar-refractivity contribution in [1.82, 2.24) is 0 Å². The fraction of sp³-hybridized carbons (Fsp3) is 0.556. The van der Waals surface area contributed by atoms with E-state index >= 15 is 0 Å². The van der Waals surface area contributed by atoms with Gasteiger partial charge in [-0.15, -0.1) is 24.0 Å². The predicted octanol–water partition coefficient (Wildman–Crippen LogP) is 3.85. The molecule has 1 aromatic carbocycles. The molecule has 0 saturated heterocycles. The zero-order valence-electron chi connectivity index (χ0n) is 13.4. The Hall–Kier alpha value is -1.29. The molecule has 0 aliphatic heterocycles. The maximum Gasteiger partial charge on any atom is 0.193 e. The van der Waals surface area contributed by atoms with Crippen LogP contribution in [0, 0.1) is 23.2 Å². The van der Waals surface area contributed by atoms with E-state index in [2.05, 4.69) is 34.6 Å². The fourth-order valence-electron chi connectivity index (χ4n) is 3.54. The summed E-state index contributed by atoms with van der Waals surface area (Å²) in [6.07, 6.45) is 7.83. The first kappa shape index (κ1) is 18.1. The number of nitrogens with one attached hydrogen (secondary N) is 1. The Kier molecular flexibility index (Phi) is 6.70. The summed E-state index contributed by atoms with van der Waals surface area (Å²) in [5, 5.41) is 12.1. The summed E-state index contributed by atoms with van der Waals surface area (Å²) in [4.78, 5) is 4.49. The van der Waals surface area contributed by atoms with Crippen LogP contribution in [0.3, 0.4) is 0 Å². The second-order valence-corrected chi connectivity index (χ2v) is 6.53. The van der Waals surface area contributed by atoms with E-state index in [-0.39, 0.29) is 29.9 Å². The maximum absolute atomic E-state index is 8.92. The van der Waals surface area contributed by atoms with Gasteiger partial charge in [-0.1, -0.05) is 6.07 Å². The largest absolute Gasteiger partial charge is 0.370 e. The molecule has 0 aromatic heterocycles. The van der Waals surface area contributed by atoms with Crippen molar-refractivity contribution in [1.29, 1.82) is 5.26 Å². The van der Waals surface area contributed by atoms with Crippen LogP contribution in [-0.4, -0.2) is 12.5 Å². The first-order chi connectivity index (χ1) is 10.7. The lowest BCUT2D eigenvalue weighted by Crippen LogP contribution is -2.24. The molecule has 0 amide bonds. The molecule has 0 heterocycles. The van der Waals surface area contributed by atoms with E-state index in [0.717, 1.165) is 37.9 Å². The summed E-state index contributed by atoms with van der Waals surface area (Å²) in [5.41, 5.74) is 9.95. The topological polar surface area (TPSA) is 74.2 Å². The standard InChI is InChI=1S/C18H24N4.HI/c19-11-13-4-6-14(7-5-13)12-21-18(20)22-17-9-8-15-2-1-3-16(15)10-17;/h8-10,13-14H,1-7,12H2,(H3,20,21,22);1H. The van der Waals surface area contributed by atoms with Gasteiger partial charge in [0.05, 0.1) is 6.07 Å². The van der Waals surface area contributed by atoms with Crippen molar-refractivity contribution in [2.45, 2.75) is 44.9 Å². The number of hydrogen-bond donors (Lipinski definition) is 2. The van der Waals surface area contributed by atoms with Gasteiger partial charge in [-0.2, -0.15) is 5.26 Å². The van der Waals surface area contributed by atoms with Crippen molar-refractivity contribution in [3.63, 3.8) is 0 Å². The van der Waals surface area contributed by atoms with Crippen LogP contribution in [0.1, 0.15) is 43.2 Å². The van der Waals surface area contributed by atoms with E-state index in [1.54, 1.807) is 0 Å². The summed E-state index contributed by atoms with van der Waals surface area (Å²) in [5.74, 6) is 1.33. The molecule has 0 bridgehead atoms. The van der Waals surface area contributed by atoms with Crippen molar-refractivity contribution >= 4 is 35.6 Å². The molecule has 4 nitrogen and oxygen atoms in total. The number of nitrogens with two attached hydrogens (primary N) is 1. The van der Waals surface area contributed by atoms with Gasteiger partial charge in [-0.3, -0.25) is 4.99 Å². The Labute approximate surface area is 155 Å². The molecule has 3 N–H and O–H groups in total. The van der Waals surface area contributed by atoms with Gasteiger partial charge in [0.1, 0.15) is 0 Å². The zero-order chi connectivity index (χ0) is 15.4. The number of nitriles is 1. The third-order valence-electron chi connectivity index (χ3n) is 4.92. The minimum Gasteiger partial charge on any atom is -0.370 e. The van der Waals surface area contributed by atoms with Crippen molar-refractivity contribution in [2.24, 2.45) is 22.6 Å². The monoisotopic (exact) mass is 424 g/mol. The molecular formula is C18H25IN4. The summed E-state index contributed by atoms with van der Waals surface area (Å²) < 4.78 is 0. The number of anilines is 1. The highest BCUT2D eigenvalue weighted by atomic mass is 127. The predicted molar refractivity (Wildman–Crippen MR) is 105 cm³/mol. The Bertz CT molecular complexity index is 598. The van der Waals surface area contributed by atoms with Crippen molar-refractivity contribution in [3.8, 4) is 6.07 Å². The molecule has 1 aromatic rings. The molecule has 1 fully saturated rings. The Morgan fingerprint density at radius 2 is 1.96 bits per heavy atom.